The Morgan fingerprint density at radius 3 is 2.57 bits per heavy atom. The number of carbonyl (C=O) groups is 2. The number of hydrogen-bond acceptors (Lipinski definition) is 3. The predicted octanol–water partition coefficient (Wildman–Crippen LogP) is 1.71. The fourth-order valence-corrected chi connectivity index (χ4v) is 2.91. The highest BCUT2D eigenvalue weighted by atomic mass is 16.4. The Bertz CT molecular complexity index is 362. The van der Waals surface area contributed by atoms with Gasteiger partial charge in [-0.15, -0.1) is 0 Å². The molecule has 1 aliphatic heterocycles. The Kier molecular flexibility index (Phi) is 6.95. The molecule has 0 aromatic carbocycles. The Morgan fingerprint density at radius 1 is 1.38 bits per heavy atom. The van der Waals surface area contributed by atoms with Crippen LogP contribution in [0.5, 0.6) is 0 Å². The molecular weight excluding hydrogens is 270 g/mol. The number of carbonyl (C=O) groups excluding carboxylic acids is 1. The quantitative estimate of drug-likeness (QED) is 0.777. The number of carboxylic acid groups (broad SMARTS) is 1. The second-order valence-electron chi connectivity index (χ2n) is 5.87. The number of nitrogens with zero attached hydrogens (tertiary/aromatic N) is 3. The van der Waals surface area contributed by atoms with E-state index in [-0.39, 0.29) is 18.6 Å². The maximum Gasteiger partial charge on any atom is 0.323 e. The molecule has 2 unspecified atom stereocenters. The average Bonchev–Trinajstić information content (AvgIpc) is 2.90. The Labute approximate surface area is 127 Å². The first-order valence-electron chi connectivity index (χ1n) is 7.88. The van der Waals surface area contributed by atoms with Crippen LogP contribution in [0.25, 0.3) is 0 Å². The van der Waals surface area contributed by atoms with Gasteiger partial charge in [0, 0.05) is 25.7 Å². The maximum absolute atomic E-state index is 12.5. The zero-order valence-corrected chi connectivity index (χ0v) is 13.7. The van der Waals surface area contributed by atoms with Crippen LogP contribution in [-0.2, 0) is 4.79 Å². The number of urea groups is 1. The van der Waals surface area contributed by atoms with Gasteiger partial charge in [0.15, 0.2) is 0 Å². The Hall–Kier alpha value is -1.30. The number of hydrogen-bond donors (Lipinski definition) is 1. The predicted molar refractivity (Wildman–Crippen MR) is 82.4 cm³/mol. The third-order valence-corrected chi connectivity index (χ3v) is 4.39. The SMILES string of the molecule is CCC(C)N(CC(=O)O)C(=O)N(C)CC1CCCN1CC. The van der Waals surface area contributed by atoms with Crippen LogP contribution >= 0.6 is 0 Å². The third-order valence-electron chi connectivity index (χ3n) is 4.39. The van der Waals surface area contributed by atoms with E-state index < -0.39 is 5.97 Å². The van der Waals surface area contributed by atoms with Gasteiger partial charge >= 0.3 is 12.0 Å². The van der Waals surface area contributed by atoms with E-state index in [1.165, 1.54) is 11.3 Å². The minimum Gasteiger partial charge on any atom is -0.480 e. The molecule has 122 valence electrons. The molecule has 2 amide bonds. The average molecular weight is 299 g/mol. The Morgan fingerprint density at radius 2 is 2.05 bits per heavy atom. The van der Waals surface area contributed by atoms with E-state index in [1.807, 2.05) is 13.8 Å². The third kappa shape index (κ3) is 4.88. The fourth-order valence-electron chi connectivity index (χ4n) is 2.91. The van der Waals surface area contributed by atoms with Gasteiger partial charge in [0.25, 0.3) is 0 Å². The first-order valence-corrected chi connectivity index (χ1v) is 7.88. The summed E-state index contributed by atoms with van der Waals surface area (Å²) in [7, 11) is 1.77. The van der Waals surface area contributed by atoms with Gasteiger partial charge in [-0.3, -0.25) is 9.69 Å². The summed E-state index contributed by atoms with van der Waals surface area (Å²) in [6.07, 6.45) is 3.02. The molecule has 0 bridgehead atoms. The van der Waals surface area contributed by atoms with E-state index in [0.717, 1.165) is 25.9 Å². The van der Waals surface area contributed by atoms with Crippen LogP contribution < -0.4 is 0 Å². The lowest BCUT2D eigenvalue weighted by Crippen LogP contribution is -2.50. The fraction of sp³-hybridized carbons (Fsp3) is 0.867. The molecule has 0 aromatic rings. The minimum atomic E-state index is -0.965. The van der Waals surface area contributed by atoms with E-state index in [0.29, 0.717) is 12.6 Å². The number of amides is 2. The zero-order chi connectivity index (χ0) is 16.0. The number of rotatable bonds is 7. The molecule has 0 saturated carbocycles. The van der Waals surface area contributed by atoms with Crippen molar-refractivity contribution in [3.05, 3.63) is 0 Å². The highest BCUT2D eigenvalue weighted by molar-refractivity contribution is 5.80. The molecule has 1 N–H and O–H groups in total. The first-order chi connectivity index (χ1) is 9.90. The molecule has 1 aliphatic rings. The molecule has 0 aliphatic carbocycles. The summed E-state index contributed by atoms with van der Waals surface area (Å²) in [6, 6.07) is 0.143. The van der Waals surface area contributed by atoms with Gasteiger partial charge in [0.1, 0.15) is 6.54 Å². The van der Waals surface area contributed by atoms with Crippen LogP contribution in [0.1, 0.15) is 40.0 Å². The van der Waals surface area contributed by atoms with Crippen LogP contribution in [0.4, 0.5) is 4.79 Å². The van der Waals surface area contributed by atoms with Crippen molar-refractivity contribution < 1.29 is 14.7 Å². The zero-order valence-electron chi connectivity index (χ0n) is 13.7. The van der Waals surface area contributed by atoms with Crippen LogP contribution in [0.15, 0.2) is 0 Å². The van der Waals surface area contributed by atoms with Crippen molar-refractivity contribution >= 4 is 12.0 Å². The van der Waals surface area contributed by atoms with E-state index in [1.54, 1.807) is 11.9 Å². The number of aliphatic carboxylic acids is 1. The van der Waals surface area contributed by atoms with Crippen molar-refractivity contribution in [3.63, 3.8) is 0 Å². The van der Waals surface area contributed by atoms with Crippen molar-refractivity contribution in [1.29, 1.82) is 0 Å². The molecule has 0 spiro atoms. The van der Waals surface area contributed by atoms with Crippen LogP contribution in [0.3, 0.4) is 0 Å². The molecule has 1 heterocycles. The molecule has 1 saturated heterocycles. The van der Waals surface area contributed by atoms with Gasteiger partial charge in [-0.2, -0.15) is 0 Å². The topological polar surface area (TPSA) is 64.1 Å². The summed E-state index contributed by atoms with van der Waals surface area (Å²) < 4.78 is 0. The van der Waals surface area contributed by atoms with Crippen molar-refractivity contribution in [2.45, 2.75) is 52.1 Å². The van der Waals surface area contributed by atoms with Crippen LogP contribution in [-0.4, -0.2) is 77.1 Å². The number of carboxylic acids is 1. The smallest absolute Gasteiger partial charge is 0.323 e. The molecule has 0 radical (unpaired) electrons. The second-order valence-corrected chi connectivity index (χ2v) is 5.87. The molecule has 6 nitrogen and oxygen atoms in total. The van der Waals surface area contributed by atoms with Crippen molar-refractivity contribution in [1.82, 2.24) is 14.7 Å². The van der Waals surface area contributed by atoms with Crippen molar-refractivity contribution in [2.24, 2.45) is 0 Å². The summed E-state index contributed by atoms with van der Waals surface area (Å²) in [4.78, 5) is 29.0. The largest absolute Gasteiger partial charge is 0.480 e. The van der Waals surface area contributed by atoms with E-state index in [4.69, 9.17) is 5.11 Å². The highest BCUT2D eigenvalue weighted by Gasteiger charge is 2.29. The lowest BCUT2D eigenvalue weighted by atomic mass is 10.2. The molecule has 0 aromatic heterocycles. The summed E-state index contributed by atoms with van der Waals surface area (Å²) in [5.74, 6) is -0.965. The van der Waals surface area contributed by atoms with Gasteiger partial charge in [0.05, 0.1) is 0 Å². The molecular formula is C15H29N3O3. The normalized spacial score (nSPS) is 20.3. The molecule has 1 fully saturated rings. The standard InChI is InChI=1S/C15H29N3O3/c1-5-12(3)18(11-14(19)20)15(21)16(4)10-13-8-7-9-17(13)6-2/h12-13H,5-11H2,1-4H3,(H,19,20). The minimum absolute atomic E-state index is 0.0677. The van der Waals surface area contributed by atoms with Gasteiger partial charge in [0.2, 0.25) is 0 Å². The highest BCUT2D eigenvalue weighted by Crippen LogP contribution is 2.18. The lowest BCUT2D eigenvalue weighted by Gasteiger charge is -2.34. The summed E-state index contributed by atoms with van der Waals surface area (Å²) >= 11 is 0. The van der Waals surface area contributed by atoms with Gasteiger partial charge in [-0.05, 0) is 39.3 Å². The van der Waals surface area contributed by atoms with Crippen molar-refractivity contribution in [3.8, 4) is 0 Å². The summed E-state index contributed by atoms with van der Waals surface area (Å²) in [5, 5.41) is 9.00. The first kappa shape index (κ1) is 17.8. The van der Waals surface area contributed by atoms with Crippen molar-refractivity contribution in [2.75, 3.05) is 33.2 Å². The number of likely N-dealkylation sites (tertiary alicyclic amines) is 1. The molecule has 1 rings (SSSR count). The van der Waals surface area contributed by atoms with E-state index in [9.17, 15) is 9.59 Å². The summed E-state index contributed by atoms with van der Waals surface area (Å²) in [6.45, 7) is 8.51. The van der Waals surface area contributed by atoms with Crippen LogP contribution in [0, 0.1) is 0 Å². The van der Waals surface area contributed by atoms with Gasteiger partial charge in [-0.1, -0.05) is 13.8 Å². The molecule has 21 heavy (non-hydrogen) atoms. The number of likely N-dealkylation sites (N-methyl/N-ethyl adjacent to an activating group) is 2. The second kappa shape index (κ2) is 8.22. The van der Waals surface area contributed by atoms with Gasteiger partial charge in [-0.25, -0.2) is 4.79 Å². The molecule has 2 atom stereocenters. The Balaban J connectivity index is 2.66. The van der Waals surface area contributed by atoms with E-state index >= 15 is 0 Å². The van der Waals surface area contributed by atoms with Crippen LogP contribution in [0.2, 0.25) is 0 Å². The molecule has 6 heteroatoms. The lowest BCUT2D eigenvalue weighted by molar-refractivity contribution is -0.138. The van der Waals surface area contributed by atoms with Gasteiger partial charge < -0.3 is 14.9 Å². The maximum atomic E-state index is 12.5. The monoisotopic (exact) mass is 299 g/mol. The summed E-state index contributed by atoms with van der Waals surface area (Å²) in [5.41, 5.74) is 0. The van der Waals surface area contributed by atoms with E-state index in [2.05, 4.69) is 11.8 Å².